The van der Waals surface area contributed by atoms with Crippen LogP contribution in [-0.2, 0) is 6.54 Å². The van der Waals surface area contributed by atoms with Crippen LogP contribution in [0.1, 0.15) is 25.7 Å². The van der Waals surface area contributed by atoms with Crippen LogP contribution >= 0.6 is 0 Å². The lowest BCUT2D eigenvalue weighted by atomic mass is 9.83. The van der Waals surface area contributed by atoms with Gasteiger partial charge in [-0.15, -0.1) is 0 Å². The lowest BCUT2D eigenvalue weighted by Gasteiger charge is -2.25. The van der Waals surface area contributed by atoms with Crippen molar-refractivity contribution in [3.05, 3.63) is 18.7 Å². The van der Waals surface area contributed by atoms with Gasteiger partial charge in [-0.05, 0) is 12.3 Å². The van der Waals surface area contributed by atoms with Crippen molar-refractivity contribution in [3.8, 4) is 0 Å². The number of nitrogens with zero attached hydrogens (tertiary/aromatic N) is 4. The fraction of sp³-hybridized carbons (Fsp3) is 0.545. The van der Waals surface area contributed by atoms with Crippen molar-refractivity contribution in [1.82, 2.24) is 19.5 Å². The minimum Gasteiger partial charge on any atom is -0.314 e. The maximum atomic E-state index is 4.30. The summed E-state index contributed by atoms with van der Waals surface area (Å²) in [5.74, 6) is 0.930. The summed E-state index contributed by atoms with van der Waals surface area (Å²) >= 11 is 0. The fourth-order valence-electron chi connectivity index (χ4n) is 2.06. The highest BCUT2D eigenvalue weighted by molar-refractivity contribution is 5.64. The molecule has 0 bridgehead atoms. The van der Waals surface area contributed by atoms with Crippen molar-refractivity contribution < 1.29 is 0 Å². The molecule has 0 radical (unpaired) electrons. The molecule has 1 aliphatic rings. The summed E-state index contributed by atoms with van der Waals surface area (Å²) in [6.07, 6.45) is 10.7. The normalized spacial score (nSPS) is 16.8. The number of hydrogen-bond donors (Lipinski definition) is 0. The molecule has 4 nitrogen and oxygen atoms in total. The molecule has 2 aromatic rings. The summed E-state index contributed by atoms with van der Waals surface area (Å²) in [5.41, 5.74) is 1.67. The third-order valence-corrected chi connectivity index (χ3v) is 3.25. The third kappa shape index (κ3) is 1.60. The van der Waals surface area contributed by atoms with Crippen LogP contribution in [0.2, 0.25) is 0 Å². The smallest absolute Gasteiger partial charge is 0.197 e. The lowest BCUT2D eigenvalue weighted by molar-refractivity contribution is 0.283. The fourth-order valence-corrected chi connectivity index (χ4v) is 2.06. The van der Waals surface area contributed by atoms with Gasteiger partial charge in [0.25, 0.3) is 0 Å². The first-order valence-electron chi connectivity index (χ1n) is 5.55. The van der Waals surface area contributed by atoms with E-state index in [4.69, 9.17) is 0 Å². The van der Waals surface area contributed by atoms with E-state index in [2.05, 4.69) is 19.5 Å². The van der Waals surface area contributed by atoms with E-state index in [1.807, 2.05) is 6.33 Å². The average molecular weight is 202 g/mol. The lowest BCUT2D eigenvalue weighted by Crippen LogP contribution is -2.13. The van der Waals surface area contributed by atoms with E-state index in [0.29, 0.717) is 0 Å². The second-order valence-electron chi connectivity index (χ2n) is 4.23. The van der Waals surface area contributed by atoms with Crippen LogP contribution in [-0.4, -0.2) is 19.5 Å². The van der Waals surface area contributed by atoms with Crippen molar-refractivity contribution in [3.63, 3.8) is 0 Å². The predicted molar refractivity (Wildman–Crippen MR) is 57.3 cm³/mol. The molecule has 3 rings (SSSR count). The van der Waals surface area contributed by atoms with E-state index in [1.54, 1.807) is 12.4 Å². The standard InChI is InChI=1S/C11H14N4/c1-2-9(3-1)4-7-15-8-14-10-11(15)13-6-5-12-10/h5-6,8-9H,1-4,7H2. The molecule has 0 saturated heterocycles. The quantitative estimate of drug-likeness (QED) is 0.764. The Kier molecular flexibility index (Phi) is 2.12. The molecule has 1 saturated carbocycles. The highest BCUT2D eigenvalue weighted by Gasteiger charge is 2.17. The first kappa shape index (κ1) is 8.83. The largest absolute Gasteiger partial charge is 0.314 e. The van der Waals surface area contributed by atoms with Crippen molar-refractivity contribution in [2.45, 2.75) is 32.2 Å². The van der Waals surface area contributed by atoms with Crippen molar-refractivity contribution >= 4 is 11.3 Å². The zero-order valence-electron chi connectivity index (χ0n) is 8.63. The summed E-state index contributed by atoms with van der Waals surface area (Å²) in [6, 6.07) is 0. The van der Waals surface area contributed by atoms with E-state index < -0.39 is 0 Å². The Balaban J connectivity index is 1.78. The number of rotatable bonds is 3. The van der Waals surface area contributed by atoms with Gasteiger partial charge in [0.15, 0.2) is 11.3 Å². The Morgan fingerprint density at radius 1 is 1.20 bits per heavy atom. The summed E-state index contributed by atoms with van der Waals surface area (Å²) in [5, 5.41) is 0. The van der Waals surface area contributed by atoms with E-state index >= 15 is 0 Å². The third-order valence-electron chi connectivity index (χ3n) is 3.25. The Morgan fingerprint density at radius 2 is 2.07 bits per heavy atom. The Morgan fingerprint density at radius 3 is 2.87 bits per heavy atom. The van der Waals surface area contributed by atoms with E-state index in [1.165, 1.54) is 25.7 Å². The molecule has 0 amide bonds. The van der Waals surface area contributed by atoms with Crippen LogP contribution in [0.3, 0.4) is 0 Å². The molecule has 2 aromatic heterocycles. The highest BCUT2D eigenvalue weighted by atomic mass is 15.1. The van der Waals surface area contributed by atoms with Gasteiger partial charge in [0, 0.05) is 18.9 Å². The number of hydrogen-bond acceptors (Lipinski definition) is 3. The molecule has 0 spiro atoms. The molecule has 78 valence electrons. The van der Waals surface area contributed by atoms with Crippen molar-refractivity contribution in [1.29, 1.82) is 0 Å². The van der Waals surface area contributed by atoms with Crippen molar-refractivity contribution in [2.75, 3.05) is 0 Å². The molecule has 0 unspecified atom stereocenters. The summed E-state index contributed by atoms with van der Waals surface area (Å²) in [4.78, 5) is 12.7. The van der Waals surface area contributed by atoms with E-state index in [0.717, 1.165) is 23.8 Å². The number of aromatic nitrogens is 4. The van der Waals surface area contributed by atoms with Gasteiger partial charge in [0.05, 0.1) is 6.33 Å². The summed E-state index contributed by atoms with van der Waals surface area (Å²) in [6.45, 7) is 1.03. The Bertz CT molecular complexity index is 458. The van der Waals surface area contributed by atoms with Gasteiger partial charge in [-0.2, -0.15) is 0 Å². The number of aryl methyl sites for hydroxylation is 1. The first-order valence-corrected chi connectivity index (χ1v) is 5.55. The second-order valence-corrected chi connectivity index (χ2v) is 4.23. The molecule has 0 atom stereocenters. The molecular weight excluding hydrogens is 188 g/mol. The summed E-state index contributed by atoms with van der Waals surface area (Å²) in [7, 11) is 0. The van der Waals surface area contributed by atoms with Gasteiger partial charge < -0.3 is 4.57 Å². The van der Waals surface area contributed by atoms with E-state index in [-0.39, 0.29) is 0 Å². The van der Waals surface area contributed by atoms with Crippen LogP contribution in [0, 0.1) is 5.92 Å². The van der Waals surface area contributed by atoms with Crippen LogP contribution in [0.4, 0.5) is 0 Å². The monoisotopic (exact) mass is 202 g/mol. The van der Waals surface area contributed by atoms with Gasteiger partial charge in [-0.1, -0.05) is 19.3 Å². The topological polar surface area (TPSA) is 43.6 Å². The molecular formula is C11H14N4. The van der Waals surface area contributed by atoms with Gasteiger partial charge in [-0.3, -0.25) is 0 Å². The van der Waals surface area contributed by atoms with Gasteiger partial charge >= 0.3 is 0 Å². The molecule has 0 N–H and O–H groups in total. The molecule has 1 aliphatic carbocycles. The van der Waals surface area contributed by atoms with Crippen molar-refractivity contribution in [2.24, 2.45) is 5.92 Å². The zero-order chi connectivity index (χ0) is 10.1. The minimum atomic E-state index is 0.756. The Hall–Kier alpha value is -1.45. The van der Waals surface area contributed by atoms with E-state index in [9.17, 15) is 0 Å². The van der Waals surface area contributed by atoms with Crippen LogP contribution in [0.15, 0.2) is 18.7 Å². The molecule has 0 aliphatic heterocycles. The first-order chi connectivity index (χ1) is 7.43. The molecule has 0 aromatic carbocycles. The van der Waals surface area contributed by atoms with Gasteiger partial charge in [0.2, 0.25) is 0 Å². The van der Waals surface area contributed by atoms with Crippen LogP contribution in [0.25, 0.3) is 11.3 Å². The molecule has 2 heterocycles. The average Bonchev–Trinajstić information content (AvgIpc) is 2.60. The molecule has 4 heteroatoms. The number of fused-ring (bicyclic) bond motifs is 1. The summed E-state index contributed by atoms with van der Waals surface area (Å²) < 4.78 is 2.11. The maximum absolute atomic E-state index is 4.30. The zero-order valence-corrected chi connectivity index (χ0v) is 8.63. The Labute approximate surface area is 88.4 Å². The van der Waals surface area contributed by atoms with Gasteiger partial charge in [-0.25, -0.2) is 15.0 Å². The highest BCUT2D eigenvalue weighted by Crippen LogP contribution is 2.29. The molecule has 1 fully saturated rings. The number of imidazole rings is 1. The minimum absolute atomic E-state index is 0.756. The SMILES string of the molecule is c1cnc2c(n1)ncn2CCC1CCC1. The second kappa shape index (κ2) is 3.61. The predicted octanol–water partition coefficient (Wildman–Crippen LogP) is 2.02. The molecule has 15 heavy (non-hydrogen) atoms. The maximum Gasteiger partial charge on any atom is 0.197 e. The van der Waals surface area contributed by atoms with Gasteiger partial charge in [0.1, 0.15) is 0 Å². The van der Waals surface area contributed by atoms with Crippen LogP contribution in [0.5, 0.6) is 0 Å². The van der Waals surface area contributed by atoms with Crippen LogP contribution < -0.4 is 0 Å².